The number of benzene rings is 1. The lowest BCUT2D eigenvalue weighted by molar-refractivity contribution is -0.133. The van der Waals surface area contributed by atoms with E-state index in [-0.39, 0.29) is 18.7 Å². The van der Waals surface area contributed by atoms with Crippen LogP contribution in [0.5, 0.6) is 11.5 Å². The van der Waals surface area contributed by atoms with Gasteiger partial charge in [-0.3, -0.25) is 4.79 Å². The van der Waals surface area contributed by atoms with E-state index in [1.54, 1.807) is 6.26 Å². The number of amides is 1. The highest BCUT2D eigenvalue weighted by molar-refractivity contribution is 5.76. The molecule has 0 spiro atoms. The third kappa shape index (κ3) is 3.67. The van der Waals surface area contributed by atoms with Crippen LogP contribution in [0.4, 0.5) is 0 Å². The number of nitrogens with zero attached hydrogens (tertiary/aromatic N) is 1. The van der Waals surface area contributed by atoms with Gasteiger partial charge in [-0.2, -0.15) is 0 Å². The van der Waals surface area contributed by atoms with E-state index in [1.165, 1.54) is 0 Å². The van der Waals surface area contributed by atoms with Gasteiger partial charge in [-0.25, -0.2) is 0 Å². The largest absolute Gasteiger partial charge is 0.467 e. The summed E-state index contributed by atoms with van der Waals surface area (Å²) in [5, 5.41) is 0. The van der Waals surface area contributed by atoms with Gasteiger partial charge >= 0.3 is 0 Å². The fraction of sp³-hybridized carbons (Fsp3) is 0.389. The van der Waals surface area contributed by atoms with E-state index in [4.69, 9.17) is 13.9 Å². The van der Waals surface area contributed by atoms with Gasteiger partial charge in [0.05, 0.1) is 12.8 Å². The second-order valence-corrected chi connectivity index (χ2v) is 5.88. The van der Waals surface area contributed by atoms with Gasteiger partial charge in [-0.05, 0) is 50.1 Å². The van der Waals surface area contributed by atoms with E-state index in [0.29, 0.717) is 19.4 Å². The summed E-state index contributed by atoms with van der Waals surface area (Å²) < 4.78 is 16.0. The van der Waals surface area contributed by atoms with Gasteiger partial charge in [0.2, 0.25) is 12.7 Å². The number of carbonyl (C=O) groups excluding carboxylic acids is 1. The number of furan rings is 1. The molecule has 2 aromatic rings. The van der Waals surface area contributed by atoms with Crippen molar-refractivity contribution in [3.8, 4) is 11.5 Å². The van der Waals surface area contributed by atoms with Crippen molar-refractivity contribution >= 4 is 5.91 Å². The first-order valence-corrected chi connectivity index (χ1v) is 7.84. The number of aryl methyl sites for hydroxylation is 1. The molecule has 122 valence electrons. The lowest BCUT2D eigenvalue weighted by Crippen LogP contribution is -2.36. The molecule has 0 N–H and O–H groups in total. The molecule has 1 aliphatic heterocycles. The molecule has 1 amide bonds. The average molecular weight is 315 g/mol. The van der Waals surface area contributed by atoms with Crippen LogP contribution < -0.4 is 9.47 Å². The molecule has 0 unspecified atom stereocenters. The van der Waals surface area contributed by atoms with Crippen LogP contribution in [0.1, 0.15) is 31.6 Å². The number of rotatable bonds is 6. The van der Waals surface area contributed by atoms with Crippen LogP contribution in [0.3, 0.4) is 0 Å². The number of hydrogen-bond acceptors (Lipinski definition) is 4. The highest BCUT2D eigenvalue weighted by Gasteiger charge is 2.19. The summed E-state index contributed by atoms with van der Waals surface area (Å²) >= 11 is 0. The number of carbonyl (C=O) groups is 1. The van der Waals surface area contributed by atoms with Gasteiger partial charge in [0.1, 0.15) is 5.76 Å². The average Bonchev–Trinajstić information content (AvgIpc) is 3.20. The Balaban J connectivity index is 1.60. The smallest absolute Gasteiger partial charge is 0.231 e. The first-order chi connectivity index (χ1) is 11.1. The summed E-state index contributed by atoms with van der Waals surface area (Å²) in [5.41, 5.74) is 1.07. The summed E-state index contributed by atoms with van der Waals surface area (Å²) in [6, 6.07) is 9.68. The molecule has 1 aromatic heterocycles. The van der Waals surface area contributed by atoms with Crippen molar-refractivity contribution in [2.75, 3.05) is 6.79 Å². The molecule has 5 nitrogen and oxygen atoms in total. The molecule has 0 aliphatic carbocycles. The maximum atomic E-state index is 12.5. The normalized spacial score (nSPS) is 12.7. The highest BCUT2D eigenvalue weighted by atomic mass is 16.7. The maximum Gasteiger partial charge on any atom is 0.231 e. The molecule has 1 aromatic carbocycles. The second kappa shape index (κ2) is 6.77. The van der Waals surface area contributed by atoms with Gasteiger partial charge in [-0.1, -0.05) is 6.07 Å². The summed E-state index contributed by atoms with van der Waals surface area (Å²) in [6.07, 6.45) is 2.76. The molecule has 0 fully saturated rings. The minimum Gasteiger partial charge on any atom is -0.467 e. The molecule has 5 heteroatoms. The standard InChI is InChI=1S/C18H21NO4/c1-13(2)19(11-15-4-3-9-21-15)18(20)8-6-14-5-7-16-17(10-14)23-12-22-16/h3-5,7,9-10,13H,6,8,11-12H2,1-2H3. The summed E-state index contributed by atoms with van der Waals surface area (Å²) in [4.78, 5) is 14.4. The van der Waals surface area contributed by atoms with Crippen LogP contribution in [0, 0.1) is 0 Å². The van der Waals surface area contributed by atoms with Crippen molar-refractivity contribution in [2.45, 2.75) is 39.3 Å². The quantitative estimate of drug-likeness (QED) is 0.820. The van der Waals surface area contributed by atoms with Crippen molar-refractivity contribution < 1.29 is 18.7 Å². The summed E-state index contributed by atoms with van der Waals surface area (Å²) in [7, 11) is 0. The van der Waals surface area contributed by atoms with E-state index in [0.717, 1.165) is 22.8 Å². The Kier molecular flexibility index (Phi) is 4.55. The van der Waals surface area contributed by atoms with Gasteiger partial charge < -0.3 is 18.8 Å². The van der Waals surface area contributed by atoms with Crippen LogP contribution in [0.2, 0.25) is 0 Å². The predicted molar refractivity (Wildman–Crippen MR) is 85.3 cm³/mol. The SMILES string of the molecule is CC(C)N(Cc1ccco1)C(=O)CCc1ccc2c(c1)OCO2. The van der Waals surface area contributed by atoms with E-state index in [9.17, 15) is 4.79 Å². The minimum absolute atomic E-state index is 0.120. The van der Waals surface area contributed by atoms with Crippen LogP contribution >= 0.6 is 0 Å². The number of fused-ring (bicyclic) bond motifs is 1. The second-order valence-electron chi connectivity index (χ2n) is 5.88. The molecule has 2 heterocycles. The van der Waals surface area contributed by atoms with Crippen molar-refractivity contribution in [3.63, 3.8) is 0 Å². The molecule has 3 rings (SSSR count). The van der Waals surface area contributed by atoms with Crippen LogP contribution in [-0.4, -0.2) is 23.6 Å². The van der Waals surface area contributed by atoms with Crippen molar-refractivity contribution in [3.05, 3.63) is 47.9 Å². The fourth-order valence-electron chi connectivity index (χ4n) is 2.62. The lowest BCUT2D eigenvalue weighted by Gasteiger charge is -2.26. The van der Waals surface area contributed by atoms with Crippen molar-refractivity contribution in [1.29, 1.82) is 0 Å². The molecular weight excluding hydrogens is 294 g/mol. The molecule has 0 radical (unpaired) electrons. The Morgan fingerprint density at radius 1 is 1.22 bits per heavy atom. The van der Waals surface area contributed by atoms with Crippen LogP contribution in [0.15, 0.2) is 41.0 Å². The Hall–Kier alpha value is -2.43. The minimum atomic E-state index is 0.120. The summed E-state index contributed by atoms with van der Waals surface area (Å²) in [5.74, 6) is 2.44. The highest BCUT2D eigenvalue weighted by Crippen LogP contribution is 2.32. The fourth-order valence-corrected chi connectivity index (χ4v) is 2.62. The Labute approximate surface area is 135 Å². The van der Waals surface area contributed by atoms with E-state index < -0.39 is 0 Å². The zero-order valence-corrected chi connectivity index (χ0v) is 13.5. The molecule has 0 bridgehead atoms. The van der Waals surface area contributed by atoms with Crippen molar-refractivity contribution in [2.24, 2.45) is 0 Å². The maximum absolute atomic E-state index is 12.5. The van der Waals surface area contributed by atoms with Gasteiger partial charge in [0.25, 0.3) is 0 Å². The lowest BCUT2D eigenvalue weighted by atomic mass is 10.1. The monoisotopic (exact) mass is 315 g/mol. The molecule has 1 aliphatic rings. The third-order valence-corrected chi connectivity index (χ3v) is 3.91. The van der Waals surface area contributed by atoms with Gasteiger partial charge in [-0.15, -0.1) is 0 Å². The van der Waals surface area contributed by atoms with E-state index >= 15 is 0 Å². The zero-order valence-electron chi connectivity index (χ0n) is 13.5. The Morgan fingerprint density at radius 3 is 2.78 bits per heavy atom. The topological polar surface area (TPSA) is 51.9 Å². The predicted octanol–water partition coefficient (Wildman–Crippen LogP) is 3.38. The van der Waals surface area contributed by atoms with Gasteiger partial charge in [0.15, 0.2) is 11.5 Å². The van der Waals surface area contributed by atoms with E-state index in [1.807, 2.05) is 49.1 Å². The molecule has 0 atom stereocenters. The Morgan fingerprint density at radius 2 is 2.04 bits per heavy atom. The van der Waals surface area contributed by atoms with Crippen LogP contribution in [-0.2, 0) is 17.8 Å². The number of ether oxygens (including phenoxy) is 2. The van der Waals surface area contributed by atoms with Crippen LogP contribution in [0.25, 0.3) is 0 Å². The van der Waals surface area contributed by atoms with Crippen molar-refractivity contribution in [1.82, 2.24) is 4.90 Å². The zero-order chi connectivity index (χ0) is 16.2. The first kappa shape index (κ1) is 15.5. The number of hydrogen-bond donors (Lipinski definition) is 0. The first-order valence-electron chi connectivity index (χ1n) is 7.84. The Bertz CT molecular complexity index is 664. The molecule has 0 saturated carbocycles. The molecule has 23 heavy (non-hydrogen) atoms. The van der Waals surface area contributed by atoms with Gasteiger partial charge in [0, 0.05) is 12.5 Å². The summed E-state index contributed by atoms with van der Waals surface area (Å²) in [6.45, 7) is 4.80. The third-order valence-electron chi connectivity index (χ3n) is 3.91. The van der Waals surface area contributed by atoms with E-state index in [2.05, 4.69) is 0 Å². The molecular formula is C18H21NO4. The molecule has 0 saturated heterocycles.